The lowest BCUT2D eigenvalue weighted by Gasteiger charge is -2.30. The zero-order chi connectivity index (χ0) is 50.6. The molecule has 0 fully saturated rings. The molecule has 3 aliphatic rings. The van der Waals surface area contributed by atoms with Crippen LogP contribution in [0.25, 0.3) is 57.9 Å². The highest BCUT2D eigenvalue weighted by molar-refractivity contribution is 7.32. The predicted octanol–water partition coefficient (Wildman–Crippen LogP) is 18.4. The number of carboxylic acid groups (broad SMARTS) is 1. The van der Waals surface area contributed by atoms with E-state index in [9.17, 15) is 15.2 Å². The minimum Gasteiger partial charge on any atom is -0.485 e. The number of hydrogen-bond acceptors (Lipinski definition) is 8. The fourth-order valence-electron chi connectivity index (χ4n) is 11.5. The molecule has 1 N–H and O–H groups in total. The number of thiophene rings is 3. The van der Waals surface area contributed by atoms with Crippen LogP contribution in [0.1, 0.15) is 131 Å². The molecule has 3 aromatic heterocycles. The number of ether oxygens (including phenoxy) is 2. The summed E-state index contributed by atoms with van der Waals surface area (Å²) in [6.45, 7) is 15.1. The topological polar surface area (TPSA) is 82.8 Å². The Labute approximate surface area is 442 Å². The highest BCUT2D eigenvalue weighted by Gasteiger charge is 2.38. The van der Waals surface area contributed by atoms with Crippen LogP contribution in [0.15, 0.2) is 115 Å². The quantitative estimate of drug-likeness (QED) is 0.0556. The Balaban J connectivity index is 0.968. The van der Waals surface area contributed by atoms with E-state index in [0.717, 1.165) is 75.9 Å². The molecule has 9 heteroatoms. The van der Waals surface area contributed by atoms with Crippen LogP contribution < -0.4 is 14.4 Å². The first-order chi connectivity index (χ1) is 35.4. The molecule has 0 saturated carbocycles. The molecule has 0 unspecified atom stereocenters. The van der Waals surface area contributed by atoms with Crippen molar-refractivity contribution in [2.45, 2.75) is 117 Å². The summed E-state index contributed by atoms with van der Waals surface area (Å²) in [7, 11) is 0. The Bertz CT molecular complexity index is 3350. The lowest BCUT2D eigenvalue weighted by Crippen LogP contribution is -2.18. The number of carbonyl (C=O) groups is 1. The lowest BCUT2D eigenvalue weighted by atomic mass is 9.81. The van der Waals surface area contributed by atoms with Crippen molar-refractivity contribution in [2.24, 2.45) is 0 Å². The molecule has 0 spiro atoms. The first-order valence-electron chi connectivity index (χ1n) is 26.2. The van der Waals surface area contributed by atoms with Gasteiger partial charge in [0.2, 0.25) is 0 Å². The van der Waals surface area contributed by atoms with Crippen molar-refractivity contribution in [3.63, 3.8) is 0 Å². The summed E-state index contributed by atoms with van der Waals surface area (Å²) in [5, 5.41) is 18.8. The second-order valence-corrected chi connectivity index (χ2v) is 24.3. The fraction of sp³-hybridized carbons (Fsp3) is 0.312. The van der Waals surface area contributed by atoms with Crippen LogP contribution in [0.5, 0.6) is 11.5 Å². The lowest BCUT2D eigenvalue weighted by molar-refractivity contribution is -0.132. The van der Waals surface area contributed by atoms with Crippen LogP contribution in [0.2, 0.25) is 0 Å². The van der Waals surface area contributed by atoms with Crippen molar-refractivity contribution in [1.29, 1.82) is 5.26 Å². The summed E-state index contributed by atoms with van der Waals surface area (Å²) in [6.07, 6.45) is 13.8. The number of nitriles is 1. The van der Waals surface area contributed by atoms with Gasteiger partial charge in [-0.15, -0.1) is 34.0 Å². The summed E-state index contributed by atoms with van der Waals surface area (Å²) in [4.78, 5) is 17.8. The number of aryl methyl sites for hydroxylation is 2. The number of nitrogens with zero attached hydrogens (tertiary/aromatic N) is 2. The van der Waals surface area contributed by atoms with E-state index in [-0.39, 0.29) is 16.4 Å². The molecule has 0 amide bonds. The van der Waals surface area contributed by atoms with E-state index in [4.69, 9.17) is 9.47 Å². The number of anilines is 3. The van der Waals surface area contributed by atoms with E-state index in [1.54, 1.807) is 28.7 Å². The molecule has 6 nitrogen and oxygen atoms in total. The van der Waals surface area contributed by atoms with E-state index >= 15 is 0 Å². The molecule has 0 atom stereocenters. The van der Waals surface area contributed by atoms with Crippen molar-refractivity contribution in [2.75, 3.05) is 18.1 Å². The highest BCUT2D eigenvalue weighted by Crippen LogP contribution is 2.57. The van der Waals surface area contributed by atoms with Crippen molar-refractivity contribution in [1.82, 2.24) is 0 Å². The first-order valence-corrected chi connectivity index (χ1v) is 28.6. The molecule has 11 rings (SSSR count). The zero-order valence-corrected chi connectivity index (χ0v) is 45.2. The van der Waals surface area contributed by atoms with Crippen LogP contribution in [0.3, 0.4) is 0 Å². The molecule has 1 aliphatic heterocycles. The maximum atomic E-state index is 11.5. The number of carboxylic acids is 1. The van der Waals surface area contributed by atoms with Gasteiger partial charge < -0.3 is 19.5 Å². The van der Waals surface area contributed by atoms with Gasteiger partial charge in [0.1, 0.15) is 24.9 Å². The van der Waals surface area contributed by atoms with Crippen molar-refractivity contribution in [3.05, 3.63) is 153 Å². The van der Waals surface area contributed by atoms with Gasteiger partial charge in [0.25, 0.3) is 0 Å². The van der Waals surface area contributed by atoms with Crippen LogP contribution >= 0.6 is 34.0 Å². The third kappa shape index (κ3) is 8.89. The maximum absolute atomic E-state index is 11.5. The van der Waals surface area contributed by atoms with Crippen molar-refractivity contribution in [3.8, 4) is 60.0 Å². The van der Waals surface area contributed by atoms with Gasteiger partial charge in [0, 0.05) is 42.2 Å². The molecule has 0 saturated heterocycles. The number of hydrogen-bond donors (Lipinski definition) is 1. The Morgan fingerprint density at radius 1 is 0.603 bits per heavy atom. The Hall–Kier alpha value is -6.44. The number of unbranched alkanes of at least 4 members (excludes halogenated alkanes) is 6. The van der Waals surface area contributed by atoms with Gasteiger partial charge in [-0.05, 0) is 141 Å². The smallest absolute Gasteiger partial charge is 0.346 e. The SMILES string of the molecule is CCCCCCc1ccc2c(c1)C(C)(C)c1cc(N(c3ccc(-c4sc(-c5cc6sc(/C=C(\C#N)C(=O)O)cc6s5)c5c4OCCO5)cc3)c3ccc4c(c3)C(C)(C)c3cc(CCCCCC)ccc3-4)ccc1-2. The average molecular weight is 1020 g/mol. The van der Waals surface area contributed by atoms with Gasteiger partial charge in [-0.2, -0.15) is 5.26 Å². The minimum absolute atomic E-state index is 0.165. The van der Waals surface area contributed by atoms with E-state index < -0.39 is 5.97 Å². The third-order valence-electron chi connectivity index (χ3n) is 15.5. The van der Waals surface area contributed by atoms with Gasteiger partial charge in [-0.1, -0.05) is 141 Å². The molecular weight excluding hydrogens is 957 g/mol. The summed E-state index contributed by atoms with van der Waals surface area (Å²) in [6, 6.07) is 43.6. The summed E-state index contributed by atoms with van der Waals surface area (Å²) in [5.74, 6) is 0.306. The number of aliphatic carboxylic acids is 1. The standard InChI is InChI=1S/C64H62N2O4S3/c1-7-9-11-13-15-39-17-25-47-49-27-23-44(34-53(49)63(3,4)51(47)31-39)66(45-24-28-50-48-26-18-40(16-14-12-10-8-2)32-52(48)64(5,6)54(50)35-45)43-21-19-41(20-22-43)60-58-59(70-30-29-69-58)61(73-60)57-37-56-55(72-57)36-46(71-56)33-42(38-65)62(67)68/h17-28,31-37H,7-16,29-30H2,1-6H3,(H,67,68)/b42-33+. The number of benzene rings is 5. The van der Waals surface area contributed by atoms with Gasteiger partial charge in [0.05, 0.1) is 14.6 Å². The molecule has 0 bridgehead atoms. The van der Waals surface area contributed by atoms with E-state index in [0.29, 0.717) is 13.2 Å². The van der Waals surface area contributed by atoms with Gasteiger partial charge in [-0.25, -0.2) is 4.79 Å². The number of rotatable bonds is 17. The number of fused-ring (bicyclic) bond motifs is 8. The summed E-state index contributed by atoms with van der Waals surface area (Å²) < 4.78 is 14.9. The van der Waals surface area contributed by atoms with Crippen LogP contribution in [-0.4, -0.2) is 24.3 Å². The third-order valence-corrected chi connectivity index (χ3v) is 19.1. The zero-order valence-electron chi connectivity index (χ0n) is 42.7. The van der Waals surface area contributed by atoms with Gasteiger partial charge in [0.15, 0.2) is 11.5 Å². The van der Waals surface area contributed by atoms with Crippen LogP contribution in [0.4, 0.5) is 17.1 Å². The molecule has 370 valence electrons. The van der Waals surface area contributed by atoms with E-state index in [1.165, 1.54) is 124 Å². The van der Waals surface area contributed by atoms with Crippen molar-refractivity contribution < 1.29 is 19.4 Å². The average Bonchev–Trinajstić information content (AvgIpc) is 4.18. The molecule has 8 aromatic rings. The van der Waals surface area contributed by atoms with Crippen molar-refractivity contribution >= 4 is 72.5 Å². The minimum atomic E-state index is -1.23. The maximum Gasteiger partial charge on any atom is 0.346 e. The Morgan fingerprint density at radius 3 is 1.60 bits per heavy atom. The first kappa shape index (κ1) is 48.8. The molecule has 5 aromatic carbocycles. The Kier molecular flexibility index (Phi) is 13.2. The van der Waals surface area contributed by atoms with E-state index in [2.05, 4.69) is 150 Å². The second kappa shape index (κ2) is 19.8. The second-order valence-electron chi connectivity index (χ2n) is 21.1. The van der Waals surface area contributed by atoms with Gasteiger partial charge >= 0.3 is 5.97 Å². The molecule has 73 heavy (non-hydrogen) atoms. The largest absolute Gasteiger partial charge is 0.485 e. The van der Waals surface area contributed by atoms with Crippen LogP contribution in [0, 0.1) is 11.3 Å². The molecule has 0 radical (unpaired) electrons. The molecule has 2 aliphatic carbocycles. The molecular formula is C64H62N2O4S3. The summed E-state index contributed by atoms with van der Waals surface area (Å²) in [5.41, 5.74) is 17.5. The monoisotopic (exact) mass is 1020 g/mol. The van der Waals surface area contributed by atoms with E-state index in [1.807, 2.05) is 6.07 Å². The molecule has 4 heterocycles. The summed E-state index contributed by atoms with van der Waals surface area (Å²) >= 11 is 4.79. The normalized spacial score (nSPS) is 14.7. The predicted molar refractivity (Wildman–Crippen MR) is 306 cm³/mol. The van der Waals surface area contributed by atoms with Gasteiger partial charge in [-0.3, -0.25) is 0 Å². The fourth-order valence-corrected chi connectivity index (χ4v) is 15.1. The highest BCUT2D eigenvalue weighted by atomic mass is 32.1. The Morgan fingerprint density at radius 2 is 1.10 bits per heavy atom. The van der Waals surface area contributed by atoms with Crippen LogP contribution in [-0.2, 0) is 28.5 Å².